The van der Waals surface area contributed by atoms with E-state index in [-0.39, 0.29) is 0 Å². The van der Waals surface area contributed by atoms with Crippen molar-refractivity contribution in [2.45, 2.75) is 51.6 Å². The van der Waals surface area contributed by atoms with Crippen LogP contribution < -0.4 is 10.1 Å². The molecular formula is C13H21N3O. The molecule has 0 atom stereocenters. The average Bonchev–Trinajstić information content (AvgIpc) is 2.60. The summed E-state index contributed by atoms with van der Waals surface area (Å²) in [6.45, 7) is 1.99. The summed E-state index contributed by atoms with van der Waals surface area (Å²) in [4.78, 5) is 8.54. The second-order valence-corrected chi connectivity index (χ2v) is 4.66. The Balaban J connectivity index is 2.05. The minimum absolute atomic E-state index is 0.329. The van der Waals surface area contributed by atoms with Gasteiger partial charge in [0.15, 0.2) is 0 Å². The van der Waals surface area contributed by atoms with Crippen LogP contribution in [0.25, 0.3) is 0 Å². The van der Waals surface area contributed by atoms with E-state index >= 15 is 0 Å². The molecule has 0 saturated heterocycles. The average molecular weight is 235 g/mol. The van der Waals surface area contributed by atoms with Crippen molar-refractivity contribution in [3.05, 3.63) is 11.8 Å². The molecule has 0 bridgehead atoms. The molecule has 0 unspecified atom stereocenters. The first-order valence-electron chi connectivity index (χ1n) is 6.47. The van der Waals surface area contributed by atoms with Crippen molar-refractivity contribution in [3.8, 4) is 5.88 Å². The van der Waals surface area contributed by atoms with Gasteiger partial charge in [-0.1, -0.05) is 12.8 Å². The van der Waals surface area contributed by atoms with Crippen LogP contribution in [0.1, 0.15) is 44.1 Å². The summed E-state index contributed by atoms with van der Waals surface area (Å²) in [5.74, 6) is 1.36. The number of aromatic nitrogens is 2. The van der Waals surface area contributed by atoms with Crippen molar-refractivity contribution in [3.63, 3.8) is 0 Å². The maximum atomic E-state index is 6.02. The van der Waals surface area contributed by atoms with Crippen molar-refractivity contribution in [1.82, 2.24) is 9.97 Å². The van der Waals surface area contributed by atoms with Crippen molar-refractivity contribution in [2.75, 3.05) is 12.4 Å². The number of nitrogens with zero attached hydrogens (tertiary/aromatic N) is 2. The maximum absolute atomic E-state index is 6.02. The zero-order valence-electron chi connectivity index (χ0n) is 10.7. The summed E-state index contributed by atoms with van der Waals surface area (Å²) in [5.41, 5.74) is 1.01. The van der Waals surface area contributed by atoms with Gasteiger partial charge in [0.2, 0.25) is 11.8 Å². The van der Waals surface area contributed by atoms with Crippen LogP contribution in [0.15, 0.2) is 6.20 Å². The maximum Gasteiger partial charge on any atom is 0.225 e. The van der Waals surface area contributed by atoms with E-state index in [1.807, 2.05) is 20.2 Å². The molecule has 0 aliphatic heterocycles. The molecule has 1 fully saturated rings. The molecule has 17 heavy (non-hydrogen) atoms. The van der Waals surface area contributed by atoms with Gasteiger partial charge in [-0.25, -0.2) is 4.98 Å². The summed E-state index contributed by atoms with van der Waals surface area (Å²) in [7, 11) is 1.82. The van der Waals surface area contributed by atoms with Crippen molar-refractivity contribution in [1.29, 1.82) is 0 Å². The van der Waals surface area contributed by atoms with Crippen LogP contribution in [-0.2, 0) is 0 Å². The zero-order valence-corrected chi connectivity index (χ0v) is 10.7. The first-order valence-corrected chi connectivity index (χ1v) is 6.47. The van der Waals surface area contributed by atoms with Crippen LogP contribution in [0.5, 0.6) is 5.88 Å². The van der Waals surface area contributed by atoms with Gasteiger partial charge in [0.1, 0.15) is 6.10 Å². The first-order chi connectivity index (χ1) is 8.29. The largest absolute Gasteiger partial charge is 0.474 e. The normalized spacial score (nSPS) is 17.5. The quantitative estimate of drug-likeness (QED) is 0.818. The number of rotatable bonds is 3. The summed E-state index contributed by atoms with van der Waals surface area (Å²) >= 11 is 0. The van der Waals surface area contributed by atoms with E-state index in [9.17, 15) is 0 Å². The molecule has 1 aliphatic carbocycles. The highest BCUT2D eigenvalue weighted by Gasteiger charge is 2.15. The Hall–Kier alpha value is -1.32. The van der Waals surface area contributed by atoms with Gasteiger partial charge in [-0.15, -0.1) is 0 Å². The third-order valence-electron chi connectivity index (χ3n) is 3.23. The zero-order chi connectivity index (χ0) is 12.1. The summed E-state index contributed by atoms with van der Waals surface area (Å²) in [5, 5.41) is 2.94. The van der Waals surface area contributed by atoms with E-state index in [4.69, 9.17) is 4.74 Å². The number of nitrogens with one attached hydrogen (secondary N) is 1. The molecule has 1 heterocycles. The molecule has 1 aliphatic rings. The molecular weight excluding hydrogens is 214 g/mol. The highest BCUT2D eigenvalue weighted by atomic mass is 16.5. The predicted molar refractivity (Wildman–Crippen MR) is 68.4 cm³/mol. The molecule has 94 valence electrons. The standard InChI is InChI=1S/C13H21N3O/c1-10-9-15-13(14-2)16-12(10)17-11-7-5-3-4-6-8-11/h9,11H,3-8H2,1-2H3,(H,14,15,16). The van der Waals surface area contributed by atoms with E-state index in [0.717, 1.165) is 24.3 Å². The monoisotopic (exact) mass is 235 g/mol. The fourth-order valence-corrected chi connectivity index (χ4v) is 2.18. The lowest BCUT2D eigenvalue weighted by Gasteiger charge is -2.17. The minimum Gasteiger partial charge on any atom is -0.474 e. The molecule has 1 saturated carbocycles. The van der Waals surface area contributed by atoms with Crippen molar-refractivity contribution in [2.24, 2.45) is 0 Å². The summed E-state index contributed by atoms with van der Waals surface area (Å²) < 4.78 is 6.02. The minimum atomic E-state index is 0.329. The molecule has 1 N–H and O–H groups in total. The predicted octanol–water partition coefficient (Wildman–Crippen LogP) is 2.93. The second-order valence-electron chi connectivity index (χ2n) is 4.66. The van der Waals surface area contributed by atoms with Gasteiger partial charge < -0.3 is 10.1 Å². The smallest absolute Gasteiger partial charge is 0.225 e. The van der Waals surface area contributed by atoms with E-state index in [2.05, 4.69) is 15.3 Å². The Kier molecular flexibility index (Phi) is 4.18. The number of aryl methyl sites for hydroxylation is 1. The van der Waals surface area contributed by atoms with Gasteiger partial charge in [-0.2, -0.15) is 4.98 Å². The Labute approximate surface area is 103 Å². The van der Waals surface area contributed by atoms with E-state index in [0.29, 0.717) is 12.1 Å². The van der Waals surface area contributed by atoms with Crippen LogP contribution in [-0.4, -0.2) is 23.1 Å². The number of hydrogen-bond donors (Lipinski definition) is 1. The SMILES string of the molecule is CNc1ncc(C)c(OC2CCCCCC2)n1. The third kappa shape index (κ3) is 3.32. The first kappa shape index (κ1) is 12.1. The molecule has 0 amide bonds. The summed E-state index contributed by atoms with van der Waals surface area (Å²) in [6, 6.07) is 0. The van der Waals surface area contributed by atoms with Crippen LogP contribution in [0.2, 0.25) is 0 Å². The molecule has 4 heteroatoms. The van der Waals surface area contributed by atoms with Gasteiger partial charge in [0, 0.05) is 18.8 Å². The Bertz CT molecular complexity index is 360. The molecule has 0 radical (unpaired) electrons. The van der Waals surface area contributed by atoms with Crippen LogP contribution in [0.3, 0.4) is 0 Å². The van der Waals surface area contributed by atoms with Crippen LogP contribution >= 0.6 is 0 Å². The van der Waals surface area contributed by atoms with Gasteiger partial charge in [-0.05, 0) is 32.6 Å². The molecule has 0 spiro atoms. The van der Waals surface area contributed by atoms with Gasteiger partial charge >= 0.3 is 0 Å². The van der Waals surface area contributed by atoms with Gasteiger partial charge in [-0.3, -0.25) is 0 Å². The fourth-order valence-electron chi connectivity index (χ4n) is 2.18. The van der Waals surface area contributed by atoms with E-state index in [1.165, 1.54) is 25.7 Å². The lowest BCUT2D eigenvalue weighted by atomic mass is 10.1. The van der Waals surface area contributed by atoms with Crippen molar-refractivity contribution < 1.29 is 4.74 Å². The fraction of sp³-hybridized carbons (Fsp3) is 0.692. The molecule has 0 aromatic carbocycles. The number of hydrogen-bond acceptors (Lipinski definition) is 4. The third-order valence-corrected chi connectivity index (χ3v) is 3.23. The molecule has 1 aromatic rings. The Morgan fingerprint density at radius 3 is 2.59 bits per heavy atom. The van der Waals surface area contributed by atoms with Crippen LogP contribution in [0, 0.1) is 6.92 Å². The van der Waals surface area contributed by atoms with E-state index in [1.54, 1.807) is 0 Å². The summed E-state index contributed by atoms with van der Waals surface area (Å²) in [6.07, 6.45) is 9.66. The molecule has 1 aromatic heterocycles. The molecule has 4 nitrogen and oxygen atoms in total. The van der Waals surface area contributed by atoms with Gasteiger partial charge in [0.25, 0.3) is 0 Å². The second kappa shape index (κ2) is 5.84. The number of ether oxygens (including phenoxy) is 1. The Morgan fingerprint density at radius 2 is 1.94 bits per heavy atom. The highest BCUT2D eigenvalue weighted by Crippen LogP contribution is 2.23. The molecule has 2 rings (SSSR count). The van der Waals surface area contributed by atoms with Crippen LogP contribution in [0.4, 0.5) is 5.95 Å². The topological polar surface area (TPSA) is 47.0 Å². The highest BCUT2D eigenvalue weighted by molar-refractivity contribution is 5.31. The number of anilines is 1. The lowest BCUT2D eigenvalue weighted by molar-refractivity contribution is 0.175. The lowest BCUT2D eigenvalue weighted by Crippen LogP contribution is -2.17. The van der Waals surface area contributed by atoms with Gasteiger partial charge in [0.05, 0.1) is 0 Å². The van der Waals surface area contributed by atoms with Crippen molar-refractivity contribution >= 4 is 5.95 Å². The Morgan fingerprint density at radius 1 is 1.24 bits per heavy atom. The van der Waals surface area contributed by atoms with E-state index < -0.39 is 0 Å².